The predicted octanol–water partition coefficient (Wildman–Crippen LogP) is 4.41. The summed E-state index contributed by atoms with van der Waals surface area (Å²) in [6.45, 7) is 3.96. The number of methoxy groups -OCH3 is 1. The van der Waals surface area contributed by atoms with Crippen LogP contribution >= 0.6 is 11.3 Å². The number of hydrogen-bond acceptors (Lipinski definition) is 6. The van der Waals surface area contributed by atoms with Gasteiger partial charge in [0.2, 0.25) is 0 Å². The fourth-order valence-electron chi connectivity index (χ4n) is 4.72. The fraction of sp³-hybridized carbons (Fsp3) is 0.417. The van der Waals surface area contributed by atoms with Gasteiger partial charge in [0.1, 0.15) is 5.75 Å². The first-order chi connectivity index (χ1) is 14.7. The molecule has 0 spiro atoms. The summed E-state index contributed by atoms with van der Waals surface area (Å²) >= 11 is 1.69. The van der Waals surface area contributed by atoms with Gasteiger partial charge in [-0.3, -0.25) is 4.79 Å². The molecule has 1 atom stereocenters. The molecule has 1 N–H and O–H groups in total. The van der Waals surface area contributed by atoms with E-state index in [-0.39, 0.29) is 5.78 Å². The molecule has 6 heteroatoms. The molecule has 2 heterocycles. The number of carbonyl (C=O) groups excluding carboxylic acids is 1. The number of ketones is 1. The molecule has 0 amide bonds. The Morgan fingerprint density at radius 1 is 1.27 bits per heavy atom. The van der Waals surface area contributed by atoms with Crippen LogP contribution in [0.1, 0.15) is 46.7 Å². The molecule has 1 aromatic heterocycles. The van der Waals surface area contributed by atoms with Crippen LogP contribution in [0.25, 0.3) is 10.2 Å². The lowest BCUT2D eigenvalue weighted by Gasteiger charge is -2.26. The largest absolute Gasteiger partial charge is 0.496 e. The molecular weight excluding hydrogens is 394 g/mol. The minimum absolute atomic E-state index is 0.227. The summed E-state index contributed by atoms with van der Waals surface area (Å²) in [5, 5.41) is 4.44. The number of thiazole rings is 1. The average Bonchev–Trinajstić information content (AvgIpc) is 3.41. The van der Waals surface area contributed by atoms with E-state index >= 15 is 0 Å². The lowest BCUT2D eigenvalue weighted by atomic mass is 9.93. The number of piperazine rings is 1. The SMILES string of the molecule is COc1cccc2c1CC[C@H]2CCC(=O)c1ccc2nc(N3CCNCC3)sc2c1. The maximum Gasteiger partial charge on any atom is 0.186 e. The predicted molar refractivity (Wildman–Crippen MR) is 122 cm³/mol. The number of nitrogens with zero attached hydrogens (tertiary/aromatic N) is 2. The van der Waals surface area contributed by atoms with Crippen molar-refractivity contribution in [2.75, 3.05) is 38.2 Å². The second kappa shape index (κ2) is 8.36. The van der Waals surface area contributed by atoms with Crippen LogP contribution in [0.2, 0.25) is 0 Å². The Balaban J connectivity index is 1.28. The van der Waals surface area contributed by atoms with Crippen molar-refractivity contribution in [2.24, 2.45) is 0 Å². The summed E-state index contributed by atoms with van der Waals surface area (Å²) in [7, 11) is 1.73. The quantitative estimate of drug-likeness (QED) is 0.598. The second-order valence-electron chi connectivity index (χ2n) is 8.14. The first-order valence-corrected chi connectivity index (χ1v) is 11.6. The fourth-order valence-corrected chi connectivity index (χ4v) is 5.78. The molecule has 5 rings (SSSR count). The van der Waals surface area contributed by atoms with Gasteiger partial charge in [-0.1, -0.05) is 23.5 Å². The topological polar surface area (TPSA) is 54.5 Å². The summed E-state index contributed by atoms with van der Waals surface area (Å²) in [6, 6.07) is 12.3. The van der Waals surface area contributed by atoms with Gasteiger partial charge in [0.15, 0.2) is 10.9 Å². The highest BCUT2D eigenvalue weighted by Crippen LogP contribution is 2.40. The maximum absolute atomic E-state index is 12.9. The first kappa shape index (κ1) is 19.5. The number of Topliss-reactive ketones (excluding diaryl/α,β-unsaturated/α-hetero) is 1. The van der Waals surface area contributed by atoms with E-state index in [9.17, 15) is 4.79 Å². The van der Waals surface area contributed by atoms with Crippen LogP contribution in [-0.4, -0.2) is 44.1 Å². The Kier molecular flexibility index (Phi) is 5.44. The summed E-state index contributed by atoms with van der Waals surface area (Å²) in [4.78, 5) is 20.0. The molecule has 3 aromatic rings. The summed E-state index contributed by atoms with van der Waals surface area (Å²) in [5.74, 6) is 1.66. The number of ether oxygens (including phenoxy) is 1. The van der Waals surface area contributed by atoms with Crippen molar-refractivity contribution in [2.45, 2.75) is 31.6 Å². The molecule has 0 unspecified atom stereocenters. The normalized spacial score (nSPS) is 18.6. The van der Waals surface area contributed by atoms with Gasteiger partial charge in [0, 0.05) is 38.2 Å². The van der Waals surface area contributed by atoms with Crippen molar-refractivity contribution in [1.29, 1.82) is 0 Å². The molecule has 1 saturated heterocycles. The highest BCUT2D eigenvalue weighted by atomic mass is 32.1. The highest BCUT2D eigenvalue weighted by molar-refractivity contribution is 7.22. The number of benzene rings is 2. The molecule has 156 valence electrons. The highest BCUT2D eigenvalue weighted by Gasteiger charge is 2.25. The third-order valence-corrected chi connectivity index (χ3v) is 7.46. The second-order valence-corrected chi connectivity index (χ2v) is 9.15. The van der Waals surface area contributed by atoms with Crippen LogP contribution in [0.15, 0.2) is 36.4 Å². The number of aromatic nitrogens is 1. The molecule has 2 aliphatic rings. The zero-order valence-electron chi connectivity index (χ0n) is 17.3. The van der Waals surface area contributed by atoms with E-state index < -0.39 is 0 Å². The Morgan fingerprint density at radius 3 is 2.97 bits per heavy atom. The standard InChI is InChI=1S/C24H27N3O2S/c1-29-22-4-2-3-18-16(5-8-19(18)22)7-10-21(28)17-6-9-20-23(15-17)30-24(26-20)27-13-11-25-12-14-27/h2-4,6,9,15-16,25H,5,7-8,10-14H2,1H3/t16-/m0/s1. The van der Waals surface area contributed by atoms with E-state index in [4.69, 9.17) is 9.72 Å². The summed E-state index contributed by atoms with van der Waals surface area (Å²) < 4.78 is 6.61. The van der Waals surface area contributed by atoms with Gasteiger partial charge in [-0.05, 0) is 60.6 Å². The molecule has 30 heavy (non-hydrogen) atoms. The smallest absolute Gasteiger partial charge is 0.186 e. The molecule has 0 radical (unpaired) electrons. The third-order valence-electron chi connectivity index (χ3n) is 6.38. The van der Waals surface area contributed by atoms with Gasteiger partial charge in [-0.2, -0.15) is 0 Å². The van der Waals surface area contributed by atoms with E-state index in [1.54, 1.807) is 18.4 Å². The lowest BCUT2D eigenvalue weighted by Crippen LogP contribution is -2.43. The minimum atomic E-state index is 0.227. The monoisotopic (exact) mass is 421 g/mol. The molecule has 0 saturated carbocycles. The van der Waals surface area contributed by atoms with Crippen molar-refractivity contribution < 1.29 is 9.53 Å². The van der Waals surface area contributed by atoms with Crippen molar-refractivity contribution in [3.8, 4) is 5.75 Å². The lowest BCUT2D eigenvalue weighted by molar-refractivity contribution is 0.0977. The Morgan fingerprint density at radius 2 is 2.13 bits per heavy atom. The van der Waals surface area contributed by atoms with Crippen LogP contribution in [0, 0.1) is 0 Å². The molecule has 0 bridgehead atoms. The third kappa shape index (κ3) is 3.70. The minimum Gasteiger partial charge on any atom is -0.496 e. The van der Waals surface area contributed by atoms with Crippen LogP contribution in [0.3, 0.4) is 0 Å². The molecule has 5 nitrogen and oxygen atoms in total. The molecule has 1 aliphatic heterocycles. The van der Waals surface area contributed by atoms with Gasteiger partial charge < -0.3 is 15.0 Å². The van der Waals surface area contributed by atoms with Crippen LogP contribution in [0.5, 0.6) is 5.75 Å². The number of fused-ring (bicyclic) bond motifs is 2. The van der Waals surface area contributed by atoms with E-state index in [2.05, 4.69) is 22.3 Å². The van der Waals surface area contributed by atoms with E-state index in [0.717, 1.165) is 72.1 Å². The number of carbonyl (C=O) groups is 1. The zero-order valence-corrected chi connectivity index (χ0v) is 18.1. The number of rotatable bonds is 6. The van der Waals surface area contributed by atoms with Crippen molar-refractivity contribution in [3.05, 3.63) is 53.1 Å². The van der Waals surface area contributed by atoms with Crippen LogP contribution in [0.4, 0.5) is 5.13 Å². The Bertz CT molecular complexity index is 1070. The average molecular weight is 422 g/mol. The Hall–Kier alpha value is -2.44. The summed E-state index contributed by atoms with van der Waals surface area (Å²) in [6.07, 6.45) is 3.62. The van der Waals surface area contributed by atoms with Gasteiger partial charge in [0.25, 0.3) is 0 Å². The van der Waals surface area contributed by atoms with E-state index in [1.165, 1.54) is 11.1 Å². The first-order valence-electron chi connectivity index (χ1n) is 10.8. The number of nitrogens with one attached hydrogen (secondary N) is 1. The van der Waals surface area contributed by atoms with Crippen molar-refractivity contribution in [3.63, 3.8) is 0 Å². The summed E-state index contributed by atoms with van der Waals surface area (Å²) in [5.41, 5.74) is 4.48. The van der Waals surface area contributed by atoms with E-state index in [0.29, 0.717) is 12.3 Å². The molecule has 1 fully saturated rings. The van der Waals surface area contributed by atoms with Gasteiger partial charge >= 0.3 is 0 Å². The zero-order chi connectivity index (χ0) is 20.5. The van der Waals surface area contributed by atoms with Crippen LogP contribution < -0.4 is 15.0 Å². The van der Waals surface area contributed by atoms with E-state index in [1.807, 2.05) is 24.3 Å². The van der Waals surface area contributed by atoms with Crippen molar-refractivity contribution in [1.82, 2.24) is 10.3 Å². The van der Waals surface area contributed by atoms with Gasteiger partial charge in [0.05, 0.1) is 17.3 Å². The Labute approximate surface area is 181 Å². The van der Waals surface area contributed by atoms with Crippen LogP contribution in [-0.2, 0) is 6.42 Å². The van der Waals surface area contributed by atoms with Crippen molar-refractivity contribution >= 4 is 32.5 Å². The number of anilines is 1. The number of hydrogen-bond donors (Lipinski definition) is 1. The molecule has 2 aromatic carbocycles. The van der Waals surface area contributed by atoms with Gasteiger partial charge in [-0.25, -0.2) is 4.98 Å². The molecule has 1 aliphatic carbocycles. The molecular formula is C24H27N3O2S. The van der Waals surface area contributed by atoms with Gasteiger partial charge in [-0.15, -0.1) is 0 Å². The maximum atomic E-state index is 12.9.